The van der Waals surface area contributed by atoms with Crippen LogP contribution in [0.2, 0.25) is 10.0 Å². The van der Waals surface area contributed by atoms with Gasteiger partial charge in [-0.25, -0.2) is 17.8 Å². The van der Waals surface area contributed by atoms with Crippen molar-refractivity contribution < 1.29 is 13.2 Å². The number of hydrogen-bond donors (Lipinski definition) is 2. The number of aromatic nitrogens is 3. The zero-order chi connectivity index (χ0) is 24.9. The first kappa shape index (κ1) is 25.8. The Kier molecular flexibility index (Phi) is 8.42. The molecule has 9 nitrogen and oxygen atoms in total. The summed E-state index contributed by atoms with van der Waals surface area (Å²) in [6.07, 6.45) is 3.50. The van der Waals surface area contributed by atoms with Crippen molar-refractivity contribution >= 4 is 44.8 Å². The Morgan fingerprint density at radius 1 is 1.21 bits per heavy atom. The molecule has 1 atom stereocenters. The van der Waals surface area contributed by atoms with E-state index in [9.17, 15) is 18.0 Å². The molecular weight excluding hydrogens is 501 g/mol. The van der Waals surface area contributed by atoms with E-state index in [0.29, 0.717) is 12.0 Å². The number of anilines is 1. The van der Waals surface area contributed by atoms with Gasteiger partial charge in [-0.2, -0.15) is 5.10 Å². The minimum absolute atomic E-state index is 0.0119. The lowest BCUT2D eigenvalue weighted by atomic mass is 10.2. The maximum Gasteiger partial charge on any atom is 0.287 e. The highest BCUT2D eigenvalue weighted by molar-refractivity contribution is 7.89. The summed E-state index contributed by atoms with van der Waals surface area (Å²) in [7, 11) is -3.84. The van der Waals surface area contributed by atoms with Gasteiger partial charge in [0.05, 0.1) is 16.1 Å². The molecule has 0 saturated heterocycles. The number of amides is 1. The Morgan fingerprint density at radius 3 is 2.65 bits per heavy atom. The molecule has 0 saturated carbocycles. The van der Waals surface area contributed by atoms with Crippen molar-refractivity contribution in [1.29, 1.82) is 0 Å². The van der Waals surface area contributed by atoms with Crippen LogP contribution in [0.3, 0.4) is 0 Å². The van der Waals surface area contributed by atoms with E-state index in [1.165, 1.54) is 12.3 Å². The fraction of sp³-hybridized carbons (Fsp3) is 0.273. The van der Waals surface area contributed by atoms with Gasteiger partial charge in [-0.3, -0.25) is 14.6 Å². The predicted molar refractivity (Wildman–Crippen MR) is 131 cm³/mol. The van der Waals surface area contributed by atoms with Crippen LogP contribution in [0.15, 0.2) is 58.5 Å². The number of carbonyl (C=O) groups excluding carboxylic acids is 1. The van der Waals surface area contributed by atoms with E-state index in [2.05, 4.69) is 20.1 Å². The van der Waals surface area contributed by atoms with Gasteiger partial charge in [0, 0.05) is 30.5 Å². The Balaban J connectivity index is 1.77. The Bertz CT molecular complexity index is 1350. The number of hydrogen-bond acceptors (Lipinski definition) is 6. The smallest absolute Gasteiger partial charge is 0.287 e. The number of benzene rings is 1. The molecule has 0 unspecified atom stereocenters. The number of sulfonamides is 1. The second-order valence-corrected chi connectivity index (χ2v) is 9.94. The van der Waals surface area contributed by atoms with Gasteiger partial charge in [0.15, 0.2) is 0 Å². The molecule has 1 amide bonds. The lowest BCUT2D eigenvalue weighted by Gasteiger charge is -2.18. The SMILES string of the molecule is CC[C@@H](C(=O)Nc1ccc(C)c(S(=O)(=O)NCCc2ccccn2)c1)n1ncc(Cl)c(Cl)c1=O. The number of pyridine rings is 1. The third-order valence-electron chi connectivity index (χ3n) is 5.03. The van der Waals surface area contributed by atoms with Gasteiger partial charge in [0.1, 0.15) is 11.1 Å². The first-order valence-electron chi connectivity index (χ1n) is 10.4. The van der Waals surface area contributed by atoms with Crippen molar-refractivity contribution in [3.05, 3.63) is 80.4 Å². The zero-order valence-corrected chi connectivity index (χ0v) is 20.8. The molecule has 1 aromatic carbocycles. The predicted octanol–water partition coefficient (Wildman–Crippen LogP) is 3.36. The molecule has 0 fully saturated rings. The van der Waals surface area contributed by atoms with Gasteiger partial charge >= 0.3 is 0 Å². The molecule has 2 aromatic heterocycles. The fourth-order valence-electron chi connectivity index (χ4n) is 3.25. The highest BCUT2D eigenvalue weighted by Crippen LogP contribution is 2.22. The van der Waals surface area contributed by atoms with Crippen LogP contribution in [0.5, 0.6) is 0 Å². The van der Waals surface area contributed by atoms with Crippen molar-refractivity contribution in [1.82, 2.24) is 19.5 Å². The minimum atomic E-state index is -3.84. The average Bonchev–Trinajstić information content (AvgIpc) is 2.81. The van der Waals surface area contributed by atoms with Crippen LogP contribution in [0, 0.1) is 6.92 Å². The fourth-order valence-corrected chi connectivity index (χ4v) is 4.81. The number of carbonyl (C=O) groups is 1. The number of halogens is 2. The lowest BCUT2D eigenvalue weighted by Crippen LogP contribution is -2.35. The van der Waals surface area contributed by atoms with Crippen LogP contribution in [0.25, 0.3) is 0 Å². The Labute approximate surface area is 207 Å². The van der Waals surface area contributed by atoms with Crippen molar-refractivity contribution in [2.45, 2.75) is 37.6 Å². The molecular formula is C22H23Cl2N5O4S. The van der Waals surface area contributed by atoms with Gasteiger partial charge in [-0.05, 0) is 43.2 Å². The molecule has 0 bridgehead atoms. The normalized spacial score (nSPS) is 12.4. The third kappa shape index (κ3) is 6.01. The van der Waals surface area contributed by atoms with Gasteiger partial charge in [-0.15, -0.1) is 0 Å². The van der Waals surface area contributed by atoms with E-state index in [1.807, 2.05) is 12.1 Å². The standard InChI is InChI=1S/C22H23Cl2N5O4S/c1-3-18(29-22(31)20(24)17(23)13-26-29)21(30)28-16-8-7-14(2)19(12-16)34(32,33)27-11-9-15-6-4-5-10-25-15/h4-8,10,12-13,18,27H,3,9,11H2,1-2H3,(H,28,30)/t18-/m0/s1. The molecule has 3 rings (SSSR count). The van der Waals surface area contributed by atoms with Crippen molar-refractivity contribution in [3.63, 3.8) is 0 Å². The van der Waals surface area contributed by atoms with E-state index >= 15 is 0 Å². The molecule has 2 heterocycles. The van der Waals surface area contributed by atoms with Crippen LogP contribution in [0.4, 0.5) is 5.69 Å². The maximum absolute atomic E-state index is 12.9. The molecule has 0 aliphatic carbocycles. The van der Waals surface area contributed by atoms with Crippen LogP contribution < -0.4 is 15.6 Å². The van der Waals surface area contributed by atoms with Crippen LogP contribution in [-0.4, -0.2) is 35.6 Å². The van der Waals surface area contributed by atoms with E-state index < -0.39 is 27.5 Å². The molecule has 2 N–H and O–H groups in total. The van der Waals surface area contributed by atoms with E-state index in [4.69, 9.17) is 23.2 Å². The van der Waals surface area contributed by atoms with Crippen molar-refractivity contribution in [2.75, 3.05) is 11.9 Å². The first-order chi connectivity index (χ1) is 16.1. The quantitative estimate of drug-likeness (QED) is 0.443. The number of aryl methyl sites for hydroxylation is 1. The third-order valence-corrected chi connectivity index (χ3v) is 7.38. The van der Waals surface area contributed by atoms with E-state index in [-0.39, 0.29) is 33.6 Å². The van der Waals surface area contributed by atoms with Gasteiger partial charge in [-0.1, -0.05) is 42.3 Å². The number of nitrogens with zero attached hydrogens (tertiary/aromatic N) is 3. The summed E-state index contributed by atoms with van der Waals surface area (Å²) in [5, 5.41) is 6.33. The number of nitrogens with one attached hydrogen (secondary N) is 2. The van der Waals surface area contributed by atoms with Crippen LogP contribution in [0.1, 0.15) is 30.6 Å². The number of rotatable bonds is 9. The highest BCUT2D eigenvalue weighted by Gasteiger charge is 2.24. The van der Waals surface area contributed by atoms with Gasteiger partial charge in [0.25, 0.3) is 5.56 Å². The largest absolute Gasteiger partial charge is 0.324 e. The van der Waals surface area contributed by atoms with E-state index in [1.54, 1.807) is 38.2 Å². The molecule has 0 aliphatic rings. The molecule has 0 aliphatic heterocycles. The summed E-state index contributed by atoms with van der Waals surface area (Å²) in [6, 6.07) is 9.00. The average molecular weight is 524 g/mol. The summed E-state index contributed by atoms with van der Waals surface area (Å²) in [4.78, 5) is 29.5. The Hall–Kier alpha value is -2.79. The first-order valence-corrected chi connectivity index (χ1v) is 12.6. The summed E-state index contributed by atoms with van der Waals surface area (Å²) >= 11 is 11.7. The molecule has 12 heteroatoms. The second kappa shape index (κ2) is 11.1. The monoisotopic (exact) mass is 523 g/mol. The lowest BCUT2D eigenvalue weighted by molar-refractivity contribution is -0.119. The summed E-state index contributed by atoms with van der Waals surface area (Å²) < 4.78 is 29.3. The topological polar surface area (TPSA) is 123 Å². The van der Waals surface area contributed by atoms with Gasteiger partial charge in [0.2, 0.25) is 15.9 Å². The summed E-state index contributed by atoms with van der Waals surface area (Å²) in [6.45, 7) is 3.53. The molecule has 180 valence electrons. The highest BCUT2D eigenvalue weighted by atomic mass is 35.5. The maximum atomic E-state index is 12.9. The molecule has 3 aromatic rings. The van der Waals surface area contributed by atoms with Crippen LogP contribution >= 0.6 is 23.2 Å². The Morgan fingerprint density at radius 2 is 1.97 bits per heavy atom. The zero-order valence-electron chi connectivity index (χ0n) is 18.5. The molecule has 34 heavy (non-hydrogen) atoms. The molecule has 0 spiro atoms. The summed E-state index contributed by atoms with van der Waals surface area (Å²) in [5.74, 6) is -0.550. The van der Waals surface area contributed by atoms with E-state index in [0.717, 1.165) is 10.4 Å². The van der Waals surface area contributed by atoms with Gasteiger partial charge < -0.3 is 5.32 Å². The summed E-state index contributed by atoms with van der Waals surface area (Å²) in [5.41, 5.74) is 0.838. The van der Waals surface area contributed by atoms with Crippen molar-refractivity contribution in [2.24, 2.45) is 0 Å². The van der Waals surface area contributed by atoms with Crippen LogP contribution in [-0.2, 0) is 21.2 Å². The second-order valence-electron chi connectivity index (χ2n) is 7.42. The molecule has 0 radical (unpaired) electrons. The minimum Gasteiger partial charge on any atom is -0.324 e. The van der Waals surface area contributed by atoms with Crippen molar-refractivity contribution in [3.8, 4) is 0 Å².